The number of aliphatic hydroxyl groups excluding tert-OH is 1. The second kappa shape index (κ2) is 4.18. The van der Waals surface area contributed by atoms with E-state index in [1.165, 1.54) is 0 Å². The first-order valence-electron chi connectivity index (χ1n) is 5.97. The molecule has 1 aromatic rings. The molecule has 0 amide bonds. The first-order valence-corrected chi connectivity index (χ1v) is 5.97. The van der Waals surface area contributed by atoms with Crippen molar-refractivity contribution in [2.75, 3.05) is 6.61 Å². The van der Waals surface area contributed by atoms with Gasteiger partial charge in [-0.05, 0) is 18.8 Å². The number of nitrogens with two attached hydrogens (primary N) is 1. The fourth-order valence-corrected chi connectivity index (χ4v) is 2.24. The van der Waals surface area contributed by atoms with Crippen LogP contribution in [0.5, 0.6) is 0 Å². The molecule has 2 rings (SSSR count). The van der Waals surface area contributed by atoms with E-state index in [0.29, 0.717) is 18.4 Å². The van der Waals surface area contributed by atoms with Crippen LogP contribution in [0.15, 0.2) is 12.4 Å². The fraction of sp³-hybridized carbons (Fsp3) is 0.750. The highest BCUT2D eigenvalue weighted by Crippen LogP contribution is 2.39. The van der Waals surface area contributed by atoms with Crippen molar-refractivity contribution in [2.45, 2.75) is 44.7 Å². The number of aromatic nitrogens is 2. The lowest BCUT2D eigenvalue weighted by atomic mass is 9.95. The van der Waals surface area contributed by atoms with Crippen LogP contribution in [-0.2, 0) is 6.54 Å². The van der Waals surface area contributed by atoms with Crippen molar-refractivity contribution in [3.05, 3.63) is 18.2 Å². The zero-order valence-corrected chi connectivity index (χ0v) is 10.1. The van der Waals surface area contributed by atoms with E-state index in [1.807, 2.05) is 6.20 Å². The monoisotopic (exact) mass is 223 g/mol. The summed E-state index contributed by atoms with van der Waals surface area (Å²) < 4.78 is 2.08. The Morgan fingerprint density at radius 1 is 1.62 bits per heavy atom. The Hall–Kier alpha value is -0.870. The molecular formula is C12H21N3O. The highest BCUT2D eigenvalue weighted by molar-refractivity contribution is 5.04. The standard InChI is InChI=1S/C12H21N3O/c1-9(2)11-14-5-6-15(11)7-12(13,8-16)10-3-4-10/h5-6,9-10,16H,3-4,7-8,13H2,1-2H3. The first-order chi connectivity index (χ1) is 7.57. The minimum absolute atomic E-state index is 0.0490. The van der Waals surface area contributed by atoms with Crippen LogP contribution in [0.1, 0.15) is 38.4 Å². The molecule has 3 N–H and O–H groups in total. The van der Waals surface area contributed by atoms with Crippen LogP contribution in [0.25, 0.3) is 0 Å². The largest absolute Gasteiger partial charge is 0.394 e. The molecule has 16 heavy (non-hydrogen) atoms. The van der Waals surface area contributed by atoms with Gasteiger partial charge in [0.25, 0.3) is 0 Å². The molecule has 1 fully saturated rings. The van der Waals surface area contributed by atoms with Crippen LogP contribution >= 0.6 is 0 Å². The van der Waals surface area contributed by atoms with Gasteiger partial charge in [0, 0.05) is 24.9 Å². The molecule has 1 atom stereocenters. The third-order valence-electron chi connectivity index (χ3n) is 3.41. The Kier molecular flexibility index (Phi) is 3.04. The maximum absolute atomic E-state index is 9.47. The van der Waals surface area contributed by atoms with E-state index in [0.717, 1.165) is 18.7 Å². The molecule has 1 aliphatic carbocycles. The van der Waals surface area contributed by atoms with Crippen molar-refractivity contribution < 1.29 is 5.11 Å². The highest BCUT2D eigenvalue weighted by Gasteiger charge is 2.42. The van der Waals surface area contributed by atoms with Crippen LogP contribution in [0.2, 0.25) is 0 Å². The summed E-state index contributed by atoms with van der Waals surface area (Å²) in [5.74, 6) is 1.90. The van der Waals surface area contributed by atoms with Gasteiger partial charge >= 0.3 is 0 Å². The molecule has 4 heteroatoms. The van der Waals surface area contributed by atoms with Gasteiger partial charge in [-0.3, -0.25) is 0 Å². The SMILES string of the molecule is CC(C)c1nccn1CC(N)(CO)C1CC1. The summed E-state index contributed by atoms with van der Waals surface area (Å²) in [6.45, 7) is 4.95. The fourth-order valence-electron chi connectivity index (χ4n) is 2.24. The topological polar surface area (TPSA) is 64.1 Å². The minimum atomic E-state index is -0.468. The van der Waals surface area contributed by atoms with Crippen molar-refractivity contribution in [3.8, 4) is 0 Å². The van der Waals surface area contributed by atoms with E-state index >= 15 is 0 Å². The molecule has 1 unspecified atom stereocenters. The number of hydrogen-bond acceptors (Lipinski definition) is 3. The van der Waals surface area contributed by atoms with Crippen molar-refractivity contribution in [2.24, 2.45) is 11.7 Å². The molecule has 1 aliphatic rings. The summed E-state index contributed by atoms with van der Waals surface area (Å²) in [5.41, 5.74) is 5.80. The van der Waals surface area contributed by atoms with E-state index in [9.17, 15) is 5.11 Å². The van der Waals surface area contributed by atoms with Gasteiger partial charge < -0.3 is 15.4 Å². The lowest BCUT2D eigenvalue weighted by molar-refractivity contribution is 0.157. The summed E-state index contributed by atoms with van der Waals surface area (Å²) in [6, 6.07) is 0. The van der Waals surface area contributed by atoms with Gasteiger partial charge in [-0.15, -0.1) is 0 Å². The van der Waals surface area contributed by atoms with Gasteiger partial charge in [-0.2, -0.15) is 0 Å². The second-order valence-corrected chi connectivity index (χ2v) is 5.23. The third-order valence-corrected chi connectivity index (χ3v) is 3.41. The van der Waals surface area contributed by atoms with E-state index in [2.05, 4.69) is 23.4 Å². The molecule has 1 heterocycles. The Morgan fingerprint density at radius 2 is 2.31 bits per heavy atom. The van der Waals surface area contributed by atoms with Crippen LogP contribution < -0.4 is 5.73 Å². The van der Waals surface area contributed by atoms with Crippen molar-refractivity contribution in [1.29, 1.82) is 0 Å². The Labute approximate surface area is 96.5 Å². The van der Waals surface area contributed by atoms with Crippen LogP contribution in [0, 0.1) is 5.92 Å². The summed E-state index contributed by atoms with van der Waals surface area (Å²) in [6.07, 6.45) is 6.04. The molecule has 0 spiro atoms. The molecule has 0 aromatic carbocycles. The number of imidazole rings is 1. The normalized spacial score (nSPS) is 20.1. The maximum Gasteiger partial charge on any atom is 0.111 e. The van der Waals surface area contributed by atoms with Gasteiger partial charge in [0.05, 0.1) is 12.1 Å². The zero-order chi connectivity index (χ0) is 11.8. The van der Waals surface area contributed by atoms with Crippen LogP contribution in [0.4, 0.5) is 0 Å². The van der Waals surface area contributed by atoms with Gasteiger partial charge in [0.15, 0.2) is 0 Å². The summed E-state index contributed by atoms with van der Waals surface area (Å²) in [5, 5.41) is 9.47. The molecule has 0 radical (unpaired) electrons. The third kappa shape index (κ3) is 2.13. The van der Waals surface area contributed by atoms with Crippen molar-refractivity contribution in [1.82, 2.24) is 9.55 Å². The number of rotatable bonds is 5. The predicted molar refractivity (Wildman–Crippen MR) is 63.0 cm³/mol. The highest BCUT2D eigenvalue weighted by atomic mass is 16.3. The predicted octanol–water partition coefficient (Wildman–Crippen LogP) is 1.11. The quantitative estimate of drug-likeness (QED) is 0.786. The zero-order valence-electron chi connectivity index (χ0n) is 10.1. The minimum Gasteiger partial charge on any atom is -0.394 e. The van der Waals surface area contributed by atoms with E-state index in [4.69, 9.17) is 5.73 Å². The Bertz CT molecular complexity index is 357. The number of nitrogens with zero attached hydrogens (tertiary/aromatic N) is 2. The summed E-state index contributed by atoms with van der Waals surface area (Å²) in [7, 11) is 0. The molecule has 1 aromatic heterocycles. The van der Waals surface area contributed by atoms with E-state index in [-0.39, 0.29) is 6.61 Å². The molecule has 4 nitrogen and oxygen atoms in total. The average molecular weight is 223 g/mol. The van der Waals surface area contributed by atoms with Crippen LogP contribution in [-0.4, -0.2) is 26.8 Å². The Morgan fingerprint density at radius 3 is 2.81 bits per heavy atom. The smallest absolute Gasteiger partial charge is 0.111 e. The van der Waals surface area contributed by atoms with Gasteiger partial charge in [0.2, 0.25) is 0 Å². The maximum atomic E-state index is 9.47. The summed E-state index contributed by atoms with van der Waals surface area (Å²) >= 11 is 0. The number of hydrogen-bond donors (Lipinski definition) is 2. The molecular weight excluding hydrogens is 202 g/mol. The Balaban J connectivity index is 2.15. The van der Waals surface area contributed by atoms with E-state index < -0.39 is 5.54 Å². The summed E-state index contributed by atoms with van der Waals surface area (Å²) in [4.78, 5) is 4.34. The molecule has 0 bridgehead atoms. The molecule has 90 valence electrons. The van der Waals surface area contributed by atoms with Crippen molar-refractivity contribution in [3.63, 3.8) is 0 Å². The van der Waals surface area contributed by atoms with Gasteiger partial charge in [-0.1, -0.05) is 13.8 Å². The van der Waals surface area contributed by atoms with E-state index in [1.54, 1.807) is 6.20 Å². The molecule has 0 saturated heterocycles. The average Bonchev–Trinajstić information content (AvgIpc) is 3.00. The lowest BCUT2D eigenvalue weighted by Crippen LogP contribution is -2.49. The number of aliphatic hydroxyl groups is 1. The molecule has 0 aliphatic heterocycles. The first kappa shape index (κ1) is 11.6. The molecule has 1 saturated carbocycles. The van der Waals surface area contributed by atoms with Gasteiger partial charge in [-0.25, -0.2) is 4.98 Å². The lowest BCUT2D eigenvalue weighted by Gasteiger charge is -2.28. The van der Waals surface area contributed by atoms with Crippen LogP contribution in [0.3, 0.4) is 0 Å². The second-order valence-electron chi connectivity index (χ2n) is 5.23. The van der Waals surface area contributed by atoms with Gasteiger partial charge in [0.1, 0.15) is 5.82 Å². The van der Waals surface area contributed by atoms with Crippen molar-refractivity contribution >= 4 is 0 Å².